The lowest BCUT2D eigenvalue weighted by atomic mass is 10.1. The Bertz CT molecular complexity index is 401. The molecule has 0 aromatic carbocycles. The summed E-state index contributed by atoms with van der Waals surface area (Å²) >= 11 is 0. The maximum Gasteiger partial charge on any atom is 0.184 e. The summed E-state index contributed by atoms with van der Waals surface area (Å²) in [7, 11) is 0.988. The zero-order valence-electron chi connectivity index (χ0n) is 17.2. The standard InChI is InChI=1S/C12H24O5P2.C4H7O3P.CH6N2.10CH4/c13-10(17-19-12-8-15-12)4-2-1-3-5-11(14)18-16-9-6-7-9;1-3(5-1)7-8-4-2-6-4;2-1-3;;;;;;;;;;/h9-14,18-19H,1-8H2;3-4,8H,1-2H2;1-3H2;10*1H4. The number of unbranched alkanes of at least 4 members (excludes halogenated alkanes) is 2. The molecule has 258 valence electrons. The van der Waals surface area contributed by atoms with Gasteiger partial charge in [-0.2, -0.15) is 0 Å². The smallest absolute Gasteiger partial charge is 0.184 e. The van der Waals surface area contributed by atoms with Gasteiger partial charge in [0, 0.05) is 15.5 Å². The van der Waals surface area contributed by atoms with Gasteiger partial charge in [-0.05, 0) is 32.1 Å². The molecule has 0 bridgehead atoms. The molecule has 0 radical (unpaired) electrons. The highest BCUT2D eigenvalue weighted by atomic mass is 31.1. The minimum Gasteiger partial charge on any atom is -0.386 e. The fourth-order valence-corrected chi connectivity index (χ4v) is 4.20. The van der Waals surface area contributed by atoms with E-state index in [2.05, 4.69) is 11.5 Å². The predicted octanol–water partition coefficient (Wildman–Crippen LogP) is 7.84. The number of aliphatic hydroxyl groups excluding tert-OH is 2. The van der Waals surface area contributed by atoms with E-state index in [-0.39, 0.29) is 117 Å². The van der Waals surface area contributed by atoms with Crippen LogP contribution in [0.4, 0.5) is 0 Å². The summed E-state index contributed by atoms with van der Waals surface area (Å²) in [6, 6.07) is 0. The zero-order chi connectivity index (χ0) is 21.6. The van der Waals surface area contributed by atoms with Crippen molar-refractivity contribution in [1.29, 1.82) is 0 Å². The Morgan fingerprint density at radius 3 is 1.55 bits per heavy atom. The Morgan fingerprint density at radius 1 is 0.675 bits per heavy atom. The van der Waals surface area contributed by atoms with E-state index < -0.39 is 6.29 Å². The predicted molar refractivity (Wildman–Crippen MR) is 186 cm³/mol. The molecule has 3 heterocycles. The lowest BCUT2D eigenvalue weighted by molar-refractivity contribution is -0.0140. The van der Waals surface area contributed by atoms with E-state index in [9.17, 15) is 10.2 Å². The number of rotatable bonds is 15. The molecule has 10 nitrogen and oxygen atoms in total. The van der Waals surface area contributed by atoms with Crippen molar-refractivity contribution in [2.75, 3.05) is 26.5 Å². The SMILES string of the molecule is C.C.C.C.C.C.C.C.C.C.C1OC1OPC1CO1.NCN.OC(CCCCCC(O)POC1CC1)OPC1CO1. The van der Waals surface area contributed by atoms with Gasteiger partial charge in [-0.25, -0.2) is 0 Å². The van der Waals surface area contributed by atoms with Gasteiger partial charge in [0.05, 0.1) is 42.8 Å². The van der Waals surface area contributed by atoms with Gasteiger partial charge in [0.25, 0.3) is 0 Å². The molecule has 1 saturated carbocycles. The molecule has 40 heavy (non-hydrogen) atoms. The van der Waals surface area contributed by atoms with E-state index in [0.717, 1.165) is 58.3 Å². The van der Waals surface area contributed by atoms with Crippen LogP contribution in [0.5, 0.6) is 0 Å². The zero-order valence-corrected chi connectivity index (χ0v) is 20.2. The van der Waals surface area contributed by atoms with Crippen molar-refractivity contribution in [3.05, 3.63) is 0 Å². The highest BCUT2D eigenvalue weighted by Gasteiger charge is 2.29. The molecule has 1 aliphatic carbocycles. The fourth-order valence-electron chi connectivity index (χ4n) is 1.96. The van der Waals surface area contributed by atoms with E-state index in [1.54, 1.807) is 0 Å². The molecule has 8 atom stereocenters. The second-order valence-electron chi connectivity index (χ2n) is 7.16. The third kappa shape index (κ3) is 43.3. The third-order valence-electron chi connectivity index (χ3n) is 3.96. The monoisotopic (exact) mass is 650 g/mol. The normalized spacial score (nSPS) is 21.8. The van der Waals surface area contributed by atoms with Gasteiger partial charge in [0.1, 0.15) is 18.3 Å². The van der Waals surface area contributed by atoms with Gasteiger partial charge in [-0.3, -0.25) is 0 Å². The second-order valence-corrected chi connectivity index (χ2v) is 10.5. The van der Waals surface area contributed by atoms with Crippen molar-refractivity contribution in [3.8, 4) is 0 Å². The quantitative estimate of drug-likeness (QED) is 0.0595. The van der Waals surface area contributed by atoms with Crippen LogP contribution in [0, 0.1) is 0 Å². The molecule has 13 heteroatoms. The van der Waals surface area contributed by atoms with E-state index in [1.165, 1.54) is 0 Å². The minimum atomic E-state index is -0.660. The first-order chi connectivity index (χ1) is 14.6. The summed E-state index contributed by atoms with van der Waals surface area (Å²) in [6.45, 7) is 2.68. The lowest BCUT2D eigenvalue weighted by Crippen LogP contribution is -2.08. The molecule has 3 aliphatic heterocycles. The molecule has 0 aromatic heterocycles. The fraction of sp³-hybridized carbons (Fsp3) is 1.00. The number of nitrogens with two attached hydrogens (primary N) is 2. The van der Waals surface area contributed by atoms with E-state index >= 15 is 0 Å². The van der Waals surface area contributed by atoms with Crippen molar-refractivity contribution in [1.82, 2.24) is 0 Å². The molecule has 8 unspecified atom stereocenters. The summed E-state index contributed by atoms with van der Waals surface area (Å²) < 4.78 is 30.6. The number of aliphatic hydroxyl groups is 2. The van der Waals surface area contributed by atoms with Crippen molar-refractivity contribution < 1.29 is 38.0 Å². The van der Waals surface area contributed by atoms with E-state index in [0.29, 0.717) is 27.2 Å². The van der Waals surface area contributed by atoms with Gasteiger partial charge in [0.15, 0.2) is 12.6 Å². The molecule has 4 aliphatic rings. The largest absolute Gasteiger partial charge is 0.386 e. The first-order valence-corrected chi connectivity index (χ1v) is 13.4. The van der Waals surface area contributed by atoms with Crippen LogP contribution in [0.3, 0.4) is 0 Å². The molecule has 4 fully saturated rings. The van der Waals surface area contributed by atoms with Crippen molar-refractivity contribution in [2.24, 2.45) is 11.5 Å². The Kier molecular flexibility index (Phi) is 63.8. The van der Waals surface area contributed by atoms with Gasteiger partial charge in [-0.1, -0.05) is 87.1 Å². The van der Waals surface area contributed by atoms with Gasteiger partial charge >= 0.3 is 0 Å². The van der Waals surface area contributed by atoms with Crippen LogP contribution in [0.15, 0.2) is 0 Å². The van der Waals surface area contributed by atoms with Gasteiger partial charge < -0.3 is 49.5 Å². The average Bonchev–Trinajstić information content (AvgIpc) is 3.59. The van der Waals surface area contributed by atoms with Crippen LogP contribution < -0.4 is 11.5 Å². The van der Waals surface area contributed by atoms with E-state index in [4.69, 9.17) is 27.8 Å². The summed E-state index contributed by atoms with van der Waals surface area (Å²) in [5.41, 5.74) is 9.25. The molecule has 6 N–H and O–H groups in total. The Balaban J connectivity index is -0.0000000570. The maximum absolute atomic E-state index is 9.69. The average molecular weight is 651 g/mol. The molecular formula is C27H77N2O8P3. The highest BCUT2D eigenvalue weighted by molar-refractivity contribution is 7.33. The van der Waals surface area contributed by atoms with Gasteiger partial charge in [0.2, 0.25) is 0 Å². The Labute approximate surface area is 257 Å². The summed E-state index contributed by atoms with van der Waals surface area (Å²) in [4.78, 5) is 0. The molecule has 0 aromatic rings. The number of hydrogen-bond donors (Lipinski definition) is 4. The second kappa shape index (κ2) is 39.9. The van der Waals surface area contributed by atoms with Crippen LogP contribution >= 0.6 is 26.4 Å². The summed E-state index contributed by atoms with van der Waals surface area (Å²) in [6.07, 6.45) is 6.56. The minimum absolute atomic E-state index is 0. The first-order valence-electron chi connectivity index (χ1n) is 10.4. The van der Waals surface area contributed by atoms with E-state index in [1.807, 2.05) is 0 Å². The molecule has 3 saturated heterocycles. The van der Waals surface area contributed by atoms with Crippen LogP contribution in [-0.2, 0) is 27.8 Å². The number of ether oxygens (including phenoxy) is 3. The van der Waals surface area contributed by atoms with Crippen LogP contribution in [-0.4, -0.2) is 72.9 Å². The van der Waals surface area contributed by atoms with Crippen molar-refractivity contribution in [3.63, 3.8) is 0 Å². The molecule has 0 spiro atoms. The Morgan fingerprint density at radius 2 is 1.12 bits per heavy atom. The van der Waals surface area contributed by atoms with Crippen molar-refractivity contribution >= 4 is 26.4 Å². The highest BCUT2D eigenvalue weighted by Crippen LogP contribution is 2.36. The first kappa shape index (κ1) is 64.0. The molecule has 0 amide bonds. The molecule has 4 rings (SSSR count). The van der Waals surface area contributed by atoms with Gasteiger partial charge in [-0.15, -0.1) is 0 Å². The van der Waals surface area contributed by atoms with Crippen LogP contribution in [0.2, 0.25) is 0 Å². The Hall–Kier alpha value is 0.890. The summed E-state index contributed by atoms with van der Waals surface area (Å²) in [5, 5.41) is 19.2. The van der Waals surface area contributed by atoms with Crippen LogP contribution in [0.25, 0.3) is 0 Å². The number of hydrogen-bond acceptors (Lipinski definition) is 10. The maximum atomic E-state index is 9.69. The lowest BCUT2D eigenvalue weighted by Gasteiger charge is -2.12. The molecular weight excluding hydrogens is 573 g/mol. The topological polar surface area (TPSA) is 158 Å². The number of epoxide rings is 3. The van der Waals surface area contributed by atoms with Crippen molar-refractivity contribution in [2.45, 2.75) is 155 Å². The third-order valence-corrected chi connectivity index (χ3v) is 6.99. The van der Waals surface area contributed by atoms with Crippen LogP contribution in [0.1, 0.15) is 119 Å². The summed E-state index contributed by atoms with van der Waals surface area (Å²) in [5.74, 6) is 0.326.